The second kappa shape index (κ2) is 8.12. The van der Waals surface area contributed by atoms with Crippen LogP contribution in [0.25, 0.3) is 0 Å². The third-order valence-electron chi connectivity index (χ3n) is 5.83. The van der Waals surface area contributed by atoms with E-state index in [1.165, 1.54) is 5.56 Å². The lowest BCUT2D eigenvalue weighted by atomic mass is 10.1. The first-order valence-electron chi connectivity index (χ1n) is 10.1. The molecule has 2 aliphatic rings. The van der Waals surface area contributed by atoms with Crippen molar-refractivity contribution in [1.29, 1.82) is 0 Å². The Balaban J connectivity index is 1.41. The minimum absolute atomic E-state index is 0.0130. The van der Waals surface area contributed by atoms with Crippen molar-refractivity contribution in [2.45, 2.75) is 51.6 Å². The highest BCUT2D eigenvalue weighted by molar-refractivity contribution is 5.76. The van der Waals surface area contributed by atoms with Gasteiger partial charge in [-0.1, -0.05) is 30.3 Å². The second-order valence-electron chi connectivity index (χ2n) is 7.61. The fraction of sp³-hybridized carbons (Fsp3) is 0.524. The molecule has 0 N–H and O–H groups in total. The number of benzene rings is 1. The third-order valence-corrected chi connectivity index (χ3v) is 5.83. The molecular formula is C21H27N5O2. The molecule has 2 aliphatic heterocycles. The molecule has 0 radical (unpaired) electrons. The highest BCUT2D eigenvalue weighted by Crippen LogP contribution is 2.31. The van der Waals surface area contributed by atoms with Crippen LogP contribution in [0, 0.1) is 0 Å². The number of hydrogen-bond acceptors (Lipinski definition) is 4. The van der Waals surface area contributed by atoms with E-state index in [9.17, 15) is 9.59 Å². The van der Waals surface area contributed by atoms with Gasteiger partial charge in [0.2, 0.25) is 11.8 Å². The third kappa shape index (κ3) is 3.79. The van der Waals surface area contributed by atoms with Gasteiger partial charge in [-0.05, 0) is 24.8 Å². The molecule has 0 bridgehead atoms. The van der Waals surface area contributed by atoms with Gasteiger partial charge in [0.25, 0.3) is 0 Å². The number of rotatable bonds is 4. The number of aryl methyl sites for hydroxylation is 1. The summed E-state index contributed by atoms with van der Waals surface area (Å²) in [6, 6.07) is 10.1. The molecule has 1 atom stereocenters. The van der Waals surface area contributed by atoms with Crippen molar-refractivity contribution in [1.82, 2.24) is 24.6 Å². The SMILES string of the molecule is CC(=O)N1CCC[C@H]1c1nnc2n1CCN(C(=O)CCc1ccccc1)CC2. The van der Waals surface area contributed by atoms with Crippen molar-refractivity contribution < 1.29 is 9.59 Å². The van der Waals surface area contributed by atoms with E-state index >= 15 is 0 Å². The van der Waals surface area contributed by atoms with Crippen LogP contribution in [0.2, 0.25) is 0 Å². The average Bonchev–Trinajstić information content (AvgIpc) is 3.29. The van der Waals surface area contributed by atoms with Crippen molar-refractivity contribution in [3.8, 4) is 0 Å². The van der Waals surface area contributed by atoms with Crippen LogP contribution >= 0.6 is 0 Å². The summed E-state index contributed by atoms with van der Waals surface area (Å²) in [5.74, 6) is 2.08. The Morgan fingerprint density at radius 3 is 2.68 bits per heavy atom. The topological polar surface area (TPSA) is 71.3 Å². The number of nitrogens with zero attached hydrogens (tertiary/aromatic N) is 5. The molecule has 0 aliphatic carbocycles. The van der Waals surface area contributed by atoms with E-state index in [1.54, 1.807) is 6.92 Å². The summed E-state index contributed by atoms with van der Waals surface area (Å²) in [7, 11) is 0. The Kier molecular flexibility index (Phi) is 5.41. The maximum atomic E-state index is 12.7. The number of hydrogen-bond donors (Lipinski definition) is 0. The predicted octanol–water partition coefficient (Wildman–Crippen LogP) is 1.98. The molecule has 4 rings (SSSR count). The van der Waals surface area contributed by atoms with Gasteiger partial charge in [-0.25, -0.2) is 0 Å². The molecule has 0 spiro atoms. The molecule has 3 heterocycles. The highest BCUT2D eigenvalue weighted by atomic mass is 16.2. The minimum atomic E-state index is 0.0130. The van der Waals surface area contributed by atoms with Gasteiger partial charge >= 0.3 is 0 Å². The van der Waals surface area contributed by atoms with Crippen molar-refractivity contribution >= 4 is 11.8 Å². The first-order valence-corrected chi connectivity index (χ1v) is 10.1. The van der Waals surface area contributed by atoms with Gasteiger partial charge in [0.1, 0.15) is 5.82 Å². The van der Waals surface area contributed by atoms with E-state index in [0.717, 1.165) is 37.5 Å². The zero-order valence-corrected chi connectivity index (χ0v) is 16.4. The monoisotopic (exact) mass is 381 g/mol. The van der Waals surface area contributed by atoms with Crippen LogP contribution < -0.4 is 0 Å². The summed E-state index contributed by atoms with van der Waals surface area (Å²) in [5, 5.41) is 8.80. The molecule has 28 heavy (non-hydrogen) atoms. The Morgan fingerprint density at radius 2 is 1.89 bits per heavy atom. The standard InChI is InChI=1S/C21H27N5O2/c1-16(27)25-12-5-8-18(25)21-23-22-19-11-13-24(14-15-26(19)21)20(28)10-9-17-6-3-2-4-7-17/h2-4,6-7,18H,5,8-15H2,1H3/t18-/m0/s1. The molecule has 1 saturated heterocycles. The molecule has 1 aromatic heterocycles. The normalized spacial score (nSPS) is 19.4. The Hall–Kier alpha value is -2.70. The van der Waals surface area contributed by atoms with Gasteiger partial charge in [0.05, 0.1) is 6.04 Å². The number of likely N-dealkylation sites (tertiary alicyclic amines) is 1. The van der Waals surface area contributed by atoms with Crippen molar-refractivity contribution in [3.63, 3.8) is 0 Å². The lowest BCUT2D eigenvalue weighted by Gasteiger charge is -2.24. The van der Waals surface area contributed by atoms with Crippen LogP contribution in [0.5, 0.6) is 0 Å². The molecule has 1 aromatic carbocycles. The summed E-state index contributed by atoms with van der Waals surface area (Å²) in [6.45, 7) is 4.43. The molecule has 0 unspecified atom stereocenters. The molecule has 7 nitrogen and oxygen atoms in total. The maximum absolute atomic E-state index is 12.7. The van der Waals surface area contributed by atoms with E-state index in [4.69, 9.17) is 0 Å². The average molecular weight is 381 g/mol. The zero-order chi connectivity index (χ0) is 19.5. The zero-order valence-electron chi connectivity index (χ0n) is 16.4. The van der Waals surface area contributed by atoms with Gasteiger partial charge in [-0.15, -0.1) is 10.2 Å². The van der Waals surface area contributed by atoms with E-state index in [-0.39, 0.29) is 17.9 Å². The largest absolute Gasteiger partial charge is 0.340 e. The number of amides is 2. The smallest absolute Gasteiger partial charge is 0.222 e. The number of fused-ring (bicyclic) bond motifs is 1. The van der Waals surface area contributed by atoms with E-state index in [2.05, 4.69) is 26.9 Å². The van der Waals surface area contributed by atoms with Crippen molar-refractivity contribution in [3.05, 3.63) is 47.5 Å². The molecule has 7 heteroatoms. The molecule has 1 fully saturated rings. The molecule has 148 valence electrons. The Morgan fingerprint density at radius 1 is 1.07 bits per heavy atom. The van der Waals surface area contributed by atoms with E-state index in [1.807, 2.05) is 28.0 Å². The molecule has 2 amide bonds. The summed E-state index contributed by atoms with van der Waals surface area (Å²) < 4.78 is 2.14. The quantitative estimate of drug-likeness (QED) is 0.812. The predicted molar refractivity (Wildman–Crippen MR) is 104 cm³/mol. The lowest BCUT2D eigenvalue weighted by molar-refractivity contribution is -0.131. The first-order chi connectivity index (χ1) is 13.6. The molecule has 0 saturated carbocycles. The summed E-state index contributed by atoms with van der Waals surface area (Å²) in [5.41, 5.74) is 1.19. The summed E-state index contributed by atoms with van der Waals surface area (Å²) >= 11 is 0. The van der Waals surface area contributed by atoms with Crippen LogP contribution in [0.15, 0.2) is 30.3 Å². The Bertz CT molecular complexity index is 848. The number of carbonyl (C=O) groups excluding carboxylic acids is 2. The minimum Gasteiger partial charge on any atom is -0.340 e. The van der Waals surface area contributed by atoms with Crippen LogP contribution in [-0.2, 0) is 29.0 Å². The van der Waals surface area contributed by atoms with Gasteiger partial charge in [0, 0.05) is 45.9 Å². The van der Waals surface area contributed by atoms with Crippen molar-refractivity contribution in [2.75, 3.05) is 19.6 Å². The van der Waals surface area contributed by atoms with Crippen LogP contribution in [-0.4, -0.2) is 56.0 Å². The fourth-order valence-corrected chi connectivity index (χ4v) is 4.31. The van der Waals surface area contributed by atoms with Gasteiger partial charge in [-0.2, -0.15) is 0 Å². The summed E-state index contributed by atoms with van der Waals surface area (Å²) in [6.07, 6.45) is 3.92. The van der Waals surface area contributed by atoms with Crippen LogP contribution in [0.4, 0.5) is 0 Å². The Labute approximate surface area is 165 Å². The lowest BCUT2D eigenvalue weighted by Crippen LogP contribution is -2.34. The van der Waals surface area contributed by atoms with Crippen molar-refractivity contribution in [2.24, 2.45) is 0 Å². The molecule has 2 aromatic rings. The molecular weight excluding hydrogens is 354 g/mol. The first kappa shape index (κ1) is 18.7. The van der Waals surface area contributed by atoms with Gasteiger partial charge < -0.3 is 14.4 Å². The second-order valence-corrected chi connectivity index (χ2v) is 7.61. The van der Waals surface area contributed by atoms with Gasteiger partial charge in [-0.3, -0.25) is 9.59 Å². The fourth-order valence-electron chi connectivity index (χ4n) is 4.31. The summed E-state index contributed by atoms with van der Waals surface area (Å²) in [4.78, 5) is 28.5. The van der Waals surface area contributed by atoms with Gasteiger partial charge in [0.15, 0.2) is 5.82 Å². The number of aromatic nitrogens is 3. The van der Waals surface area contributed by atoms with E-state index < -0.39 is 0 Å². The highest BCUT2D eigenvalue weighted by Gasteiger charge is 2.33. The number of carbonyl (C=O) groups is 2. The van der Waals surface area contributed by atoms with Crippen LogP contribution in [0.1, 0.15) is 49.4 Å². The van der Waals surface area contributed by atoms with Crippen LogP contribution in [0.3, 0.4) is 0 Å². The maximum Gasteiger partial charge on any atom is 0.222 e. The van der Waals surface area contributed by atoms with E-state index in [0.29, 0.717) is 32.5 Å².